The summed E-state index contributed by atoms with van der Waals surface area (Å²) in [5, 5.41) is 2.01. The summed E-state index contributed by atoms with van der Waals surface area (Å²) >= 11 is 4.55. The van der Waals surface area contributed by atoms with Crippen molar-refractivity contribution in [3.63, 3.8) is 0 Å². The minimum Gasteiger partial charge on any atom is -0.274 e. The van der Waals surface area contributed by atoms with Gasteiger partial charge in [0.05, 0.1) is 12.1 Å². The molecule has 0 atom stereocenters. The third-order valence-corrected chi connectivity index (χ3v) is 3.24. The van der Waals surface area contributed by atoms with Crippen LogP contribution in [0, 0.1) is 6.92 Å². The topological polar surface area (TPSA) is 42.4 Å². The Morgan fingerprint density at radius 1 is 1.69 bits per heavy atom. The summed E-state index contributed by atoms with van der Waals surface area (Å²) in [6.07, 6.45) is 0. The van der Waals surface area contributed by atoms with Crippen LogP contribution >= 0.6 is 27.3 Å². The third-order valence-electron chi connectivity index (χ3n) is 1.45. The van der Waals surface area contributed by atoms with E-state index in [9.17, 15) is 4.79 Å². The molecule has 0 aliphatic carbocycles. The molecule has 1 amide bonds. The average molecular weight is 265 g/mol. The van der Waals surface area contributed by atoms with Gasteiger partial charge in [0.2, 0.25) is 0 Å². The van der Waals surface area contributed by atoms with Gasteiger partial charge in [-0.1, -0.05) is 0 Å². The van der Waals surface area contributed by atoms with E-state index < -0.39 is 0 Å². The van der Waals surface area contributed by atoms with Crippen molar-refractivity contribution in [1.29, 1.82) is 0 Å². The molecule has 1 rings (SSSR count). The zero-order valence-electron chi connectivity index (χ0n) is 7.50. The van der Waals surface area contributed by atoms with E-state index in [2.05, 4.69) is 20.9 Å². The molecule has 0 aliphatic rings. The molecule has 0 saturated heterocycles. The van der Waals surface area contributed by atoms with Crippen molar-refractivity contribution in [2.75, 3.05) is 14.2 Å². The number of thiazole rings is 1. The van der Waals surface area contributed by atoms with E-state index >= 15 is 0 Å². The molecule has 4 nitrogen and oxygen atoms in total. The zero-order valence-corrected chi connectivity index (χ0v) is 9.90. The quantitative estimate of drug-likeness (QED) is 0.766. The van der Waals surface area contributed by atoms with Gasteiger partial charge >= 0.3 is 0 Å². The molecule has 0 spiro atoms. The lowest BCUT2D eigenvalue weighted by Crippen LogP contribution is -2.24. The molecular formula is C7H9BrN2O2S. The predicted octanol–water partition coefficient (Wildman–Crippen LogP) is 1.85. The summed E-state index contributed by atoms with van der Waals surface area (Å²) in [7, 11) is 3.00. The molecule has 0 saturated carbocycles. The number of amides is 1. The Morgan fingerprint density at radius 3 is 2.69 bits per heavy atom. The van der Waals surface area contributed by atoms with Gasteiger partial charge in [-0.05, 0) is 22.9 Å². The summed E-state index contributed by atoms with van der Waals surface area (Å²) in [4.78, 5) is 21.0. The van der Waals surface area contributed by atoms with Gasteiger partial charge in [0.1, 0.15) is 9.48 Å². The third kappa shape index (κ3) is 2.26. The fraction of sp³-hybridized carbons (Fsp3) is 0.429. The molecule has 1 aromatic heterocycles. The van der Waals surface area contributed by atoms with Crippen molar-refractivity contribution in [2.24, 2.45) is 0 Å². The molecule has 0 unspecified atom stereocenters. The van der Waals surface area contributed by atoms with E-state index in [1.807, 2.05) is 6.92 Å². The van der Waals surface area contributed by atoms with Crippen LogP contribution < -0.4 is 0 Å². The maximum absolute atomic E-state index is 11.6. The molecule has 1 heterocycles. The largest absolute Gasteiger partial charge is 0.290 e. The minimum atomic E-state index is -0.194. The van der Waals surface area contributed by atoms with Crippen LogP contribution in [-0.4, -0.2) is 30.1 Å². The van der Waals surface area contributed by atoms with E-state index in [1.165, 1.54) is 18.4 Å². The van der Waals surface area contributed by atoms with Gasteiger partial charge in [-0.15, -0.1) is 11.3 Å². The Labute approximate surface area is 88.6 Å². The van der Waals surface area contributed by atoms with Gasteiger partial charge in [-0.25, -0.2) is 10.0 Å². The highest BCUT2D eigenvalue weighted by atomic mass is 79.9. The number of hydrogen-bond donors (Lipinski definition) is 0. The van der Waals surface area contributed by atoms with Crippen LogP contribution in [0.5, 0.6) is 0 Å². The molecule has 6 heteroatoms. The first kappa shape index (κ1) is 10.6. The van der Waals surface area contributed by atoms with Crippen molar-refractivity contribution in [1.82, 2.24) is 10.0 Å². The van der Waals surface area contributed by atoms with Crippen LogP contribution in [0.4, 0.5) is 0 Å². The van der Waals surface area contributed by atoms with Crippen molar-refractivity contribution < 1.29 is 9.63 Å². The first-order valence-electron chi connectivity index (χ1n) is 3.51. The van der Waals surface area contributed by atoms with Crippen LogP contribution in [0.25, 0.3) is 0 Å². The molecule has 72 valence electrons. The minimum absolute atomic E-state index is 0.194. The van der Waals surface area contributed by atoms with Gasteiger partial charge in [0.25, 0.3) is 5.91 Å². The summed E-state index contributed by atoms with van der Waals surface area (Å²) in [6.45, 7) is 1.85. The maximum Gasteiger partial charge on any atom is 0.290 e. The van der Waals surface area contributed by atoms with Gasteiger partial charge in [-0.2, -0.15) is 0 Å². The molecular weight excluding hydrogens is 256 g/mol. The van der Waals surface area contributed by atoms with Crippen molar-refractivity contribution in [2.45, 2.75) is 6.92 Å². The van der Waals surface area contributed by atoms with Crippen LogP contribution in [0.2, 0.25) is 0 Å². The van der Waals surface area contributed by atoms with E-state index in [0.717, 1.165) is 10.1 Å². The van der Waals surface area contributed by atoms with Gasteiger partial charge < -0.3 is 0 Å². The van der Waals surface area contributed by atoms with Gasteiger partial charge in [0.15, 0.2) is 0 Å². The number of carbonyl (C=O) groups excluding carboxylic acids is 1. The number of rotatable bonds is 2. The smallest absolute Gasteiger partial charge is 0.274 e. The highest BCUT2D eigenvalue weighted by Gasteiger charge is 2.18. The number of hydroxylamine groups is 2. The maximum atomic E-state index is 11.6. The molecule has 0 fully saturated rings. The van der Waals surface area contributed by atoms with E-state index in [1.54, 1.807) is 7.05 Å². The van der Waals surface area contributed by atoms with Crippen LogP contribution in [0.1, 0.15) is 14.7 Å². The predicted molar refractivity (Wildman–Crippen MR) is 53.7 cm³/mol. The molecule has 0 radical (unpaired) electrons. The average Bonchev–Trinajstić information content (AvgIpc) is 2.42. The Balaban J connectivity index is 2.94. The van der Waals surface area contributed by atoms with Gasteiger partial charge in [0, 0.05) is 7.05 Å². The molecule has 0 N–H and O–H groups in total. The monoisotopic (exact) mass is 264 g/mol. The van der Waals surface area contributed by atoms with Crippen molar-refractivity contribution in [3.8, 4) is 0 Å². The van der Waals surface area contributed by atoms with Crippen LogP contribution in [0.3, 0.4) is 0 Å². The number of halogens is 1. The number of aryl methyl sites for hydroxylation is 1. The Kier molecular flexibility index (Phi) is 3.40. The highest BCUT2D eigenvalue weighted by molar-refractivity contribution is 9.10. The second-order valence-electron chi connectivity index (χ2n) is 2.34. The zero-order chi connectivity index (χ0) is 10.0. The lowest BCUT2D eigenvalue weighted by atomic mass is 10.5. The fourth-order valence-corrected chi connectivity index (χ4v) is 2.33. The molecule has 13 heavy (non-hydrogen) atoms. The highest BCUT2D eigenvalue weighted by Crippen LogP contribution is 2.24. The lowest BCUT2D eigenvalue weighted by Gasteiger charge is -2.11. The second kappa shape index (κ2) is 4.17. The number of hydrogen-bond acceptors (Lipinski definition) is 4. The van der Waals surface area contributed by atoms with Crippen LogP contribution in [0.15, 0.2) is 4.60 Å². The number of carbonyl (C=O) groups is 1. The van der Waals surface area contributed by atoms with Crippen LogP contribution in [-0.2, 0) is 4.84 Å². The fourth-order valence-electron chi connectivity index (χ4n) is 0.759. The number of nitrogens with zero attached hydrogens (tertiary/aromatic N) is 2. The lowest BCUT2D eigenvalue weighted by molar-refractivity contribution is -0.0754. The molecule has 0 bridgehead atoms. The van der Waals surface area contributed by atoms with Gasteiger partial charge in [-0.3, -0.25) is 9.63 Å². The summed E-state index contributed by atoms with van der Waals surface area (Å²) in [5.74, 6) is -0.194. The van der Waals surface area contributed by atoms with E-state index in [-0.39, 0.29) is 5.91 Å². The van der Waals surface area contributed by atoms with E-state index in [4.69, 9.17) is 4.84 Å². The second-order valence-corrected chi connectivity index (χ2v) is 4.29. The molecule has 0 aromatic carbocycles. The first-order chi connectivity index (χ1) is 6.06. The standard InChI is InChI=1S/C7H9BrN2O2S/c1-4-9-6(8)5(13-4)7(11)10(2)12-3/h1-3H3. The molecule has 1 aromatic rings. The summed E-state index contributed by atoms with van der Waals surface area (Å²) in [5.41, 5.74) is 0. The Bertz CT molecular complexity index is 326. The SMILES string of the molecule is CON(C)C(=O)c1sc(C)nc1Br. The Morgan fingerprint density at radius 2 is 2.31 bits per heavy atom. The van der Waals surface area contributed by atoms with E-state index in [0.29, 0.717) is 9.48 Å². The van der Waals surface area contributed by atoms with Crippen molar-refractivity contribution in [3.05, 3.63) is 14.5 Å². The molecule has 0 aliphatic heterocycles. The normalized spacial score (nSPS) is 10.2. The number of aromatic nitrogens is 1. The Hall–Kier alpha value is -0.460. The summed E-state index contributed by atoms with van der Waals surface area (Å²) in [6, 6.07) is 0. The first-order valence-corrected chi connectivity index (χ1v) is 5.12. The summed E-state index contributed by atoms with van der Waals surface area (Å²) < 4.78 is 0.573. The van der Waals surface area contributed by atoms with Crippen molar-refractivity contribution >= 4 is 33.2 Å².